The minimum Gasteiger partial charge on any atom is -0.466 e. The van der Waals surface area contributed by atoms with Crippen LogP contribution in [0.5, 0.6) is 0 Å². The molecular formula is C13H23NO6S. The molecule has 21 heavy (non-hydrogen) atoms. The Balaban J connectivity index is 2.73. The van der Waals surface area contributed by atoms with Crippen LogP contribution in [0.2, 0.25) is 0 Å². The van der Waals surface area contributed by atoms with Crippen molar-refractivity contribution in [3.63, 3.8) is 0 Å². The molecule has 1 atom stereocenters. The van der Waals surface area contributed by atoms with Gasteiger partial charge in [-0.2, -0.15) is 0 Å². The monoisotopic (exact) mass is 321 g/mol. The van der Waals surface area contributed by atoms with Crippen LogP contribution in [0.15, 0.2) is 0 Å². The van der Waals surface area contributed by atoms with Crippen molar-refractivity contribution in [3.05, 3.63) is 0 Å². The van der Waals surface area contributed by atoms with Gasteiger partial charge in [0.05, 0.1) is 24.0 Å². The summed E-state index contributed by atoms with van der Waals surface area (Å²) in [6, 6.07) is 0. The Kier molecular flexibility index (Phi) is 5.61. The van der Waals surface area contributed by atoms with Crippen LogP contribution in [0.25, 0.3) is 0 Å². The maximum Gasteiger partial charge on any atom is 0.410 e. The fourth-order valence-corrected chi connectivity index (χ4v) is 3.55. The molecule has 1 heterocycles. The van der Waals surface area contributed by atoms with Gasteiger partial charge in [-0.25, -0.2) is 13.2 Å². The summed E-state index contributed by atoms with van der Waals surface area (Å²) in [5.74, 6) is -0.742. The lowest BCUT2D eigenvalue weighted by Crippen LogP contribution is -2.51. The van der Waals surface area contributed by atoms with Gasteiger partial charge >= 0.3 is 12.1 Å². The van der Waals surface area contributed by atoms with Crippen LogP contribution >= 0.6 is 0 Å². The second-order valence-corrected chi connectivity index (χ2v) is 8.33. The highest BCUT2D eigenvalue weighted by Crippen LogP contribution is 2.19. The molecule has 0 aliphatic carbocycles. The SMILES string of the molecule is CCOC(=O)CC1CN(C(=O)OC(C)(C)C)CCS1(=O)=O. The number of amides is 1. The molecule has 1 saturated heterocycles. The van der Waals surface area contributed by atoms with Gasteiger partial charge in [0.25, 0.3) is 0 Å². The summed E-state index contributed by atoms with van der Waals surface area (Å²) in [6.45, 7) is 7.10. The van der Waals surface area contributed by atoms with Crippen LogP contribution in [0.1, 0.15) is 34.1 Å². The van der Waals surface area contributed by atoms with E-state index in [-0.39, 0.29) is 31.9 Å². The largest absolute Gasteiger partial charge is 0.466 e. The van der Waals surface area contributed by atoms with Gasteiger partial charge in [-0.3, -0.25) is 4.79 Å². The number of carbonyl (C=O) groups is 2. The number of rotatable bonds is 3. The summed E-state index contributed by atoms with van der Waals surface area (Å²) in [6.07, 6.45) is -0.804. The maximum absolute atomic E-state index is 12.0. The number of sulfone groups is 1. The molecule has 122 valence electrons. The Morgan fingerprint density at radius 2 is 1.90 bits per heavy atom. The van der Waals surface area contributed by atoms with Gasteiger partial charge in [-0.05, 0) is 27.7 Å². The van der Waals surface area contributed by atoms with Gasteiger partial charge in [0.1, 0.15) is 5.60 Å². The Morgan fingerprint density at radius 1 is 1.29 bits per heavy atom. The Hall–Kier alpha value is -1.31. The third-order valence-electron chi connectivity index (χ3n) is 2.93. The highest BCUT2D eigenvalue weighted by Gasteiger charge is 2.37. The van der Waals surface area contributed by atoms with Crippen molar-refractivity contribution in [1.29, 1.82) is 0 Å². The number of hydrogen-bond acceptors (Lipinski definition) is 6. The average molecular weight is 321 g/mol. The summed E-state index contributed by atoms with van der Waals surface area (Å²) in [7, 11) is -3.40. The van der Waals surface area contributed by atoms with Crippen molar-refractivity contribution in [3.8, 4) is 0 Å². The summed E-state index contributed by atoms with van der Waals surface area (Å²) in [5, 5.41) is -0.933. The Labute approximate surface area is 125 Å². The number of esters is 1. The predicted octanol–water partition coefficient (Wildman–Crippen LogP) is 0.974. The molecule has 0 N–H and O–H groups in total. The van der Waals surface area contributed by atoms with Gasteiger partial charge in [0.15, 0.2) is 9.84 Å². The molecule has 0 spiro atoms. The van der Waals surface area contributed by atoms with Gasteiger partial charge in [0, 0.05) is 13.1 Å². The zero-order valence-corrected chi connectivity index (χ0v) is 13.7. The average Bonchev–Trinajstić information content (AvgIpc) is 2.29. The van der Waals surface area contributed by atoms with Gasteiger partial charge in [0.2, 0.25) is 0 Å². The van der Waals surface area contributed by atoms with E-state index in [1.54, 1.807) is 27.7 Å². The quantitative estimate of drug-likeness (QED) is 0.720. The molecule has 0 bridgehead atoms. The van der Waals surface area contributed by atoms with Crippen LogP contribution < -0.4 is 0 Å². The van der Waals surface area contributed by atoms with E-state index in [1.807, 2.05) is 0 Å². The van der Waals surface area contributed by atoms with Crippen molar-refractivity contribution in [2.75, 3.05) is 25.4 Å². The Morgan fingerprint density at radius 3 is 2.43 bits per heavy atom. The molecule has 0 aromatic heterocycles. The predicted molar refractivity (Wildman–Crippen MR) is 76.6 cm³/mol. The van der Waals surface area contributed by atoms with E-state index in [4.69, 9.17) is 9.47 Å². The van der Waals surface area contributed by atoms with Gasteiger partial charge in [-0.15, -0.1) is 0 Å². The van der Waals surface area contributed by atoms with Crippen molar-refractivity contribution in [1.82, 2.24) is 4.90 Å². The molecule has 1 aliphatic heterocycles. The molecule has 1 fully saturated rings. The van der Waals surface area contributed by atoms with Crippen LogP contribution in [-0.4, -0.2) is 61.7 Å². The molecule has 8 heteroatoms. The highest BCUT2D eigenvalue weighted by atomic mass is 32.2. The fraction of sp³-hybridized carbons (Fsp3) is 0.846. The molecule has 0 radical (unpaired) electrons. The molecular weight excluding hydrogens is 298 g/mol. The highest BCUT2D eigenvalue weighted by molar-refractivity contribution is 7.92. The van der Waals surface area contributed by atoms with Crippen LogP contribution in [0, 0.1) is 0 Å². The standard InChI is InChI=1S/C13H23NO6S/c1-5-19-11(15)8-10-9-14(6-7-21(10,17)18)12(16)20-13(2,3)4/h10H,5-9H2,1-4H3. The lowest BCUT2D eigenvalue weighted by Gasteiger charge is -2.33. The van der Waals surface area contributed by atoms with E-state index in [1.165, 1.54) is 4.90 Å². The normalized spacial score (nSPS) is 21.7. The topological polar surface area (TPSA) is 90.0 Å². The number of hydrogen-bond donors (Lipinski definition) is 0. The summed E-state index contributed by atoms with van der Waals surface area (Å²) in [4.78, 5) is 24.8. The Bertz CT molecular complexity index is 493. The third kappa shape index (κ3) is 5.53. The minimum atomic E-state index is -3.40. The van der Waals surface area contributed by atoms with E-state index in [2.05, 4.69) is 0 Å². The molecule has 7 nitrogen and oxygen atoms in total. The number of ether oxygens (including phenoxy) is 2. The van der Waals surface area contributed by atoms with Crippen molar-refractivity contribution >= 4 is 21.9 Å². The summed E-state index contributed by atoms with van der Waals surface area (Å²) >= 11 is 0. The lowest BCUT2D eigenvalue weighted by atomic mass is 10.2. The fourth-order valence-electron chi connectivity index (χ4n) is 1.94. The molecule has 1 amide bonds. The van der Waals surface area contributed by atoms with E-state index in [0.29, 0.717) is 0 Å². The molecule has 0 aromatic rings. The van der Waals surface area contributed by atoms with Crippen molar-refractivity contribution < 1.29 is 27.5 Å². The number of carbonyl (C=O) groups excluding carboxylic acids is 2. The molecule has 0 aromatic carbocycles. The van der Waals surface area contributed by atoms with E-state index in [0.717, 1.165) is 0 Å². The second kappa shape index (κ2) is 6.64. The van der Waals surface area contributed by atoms with Crippen molar-refractivity contribution in [2.24, 2.45) is 0 Å². The van der Waals surface area contributed by atoms with Crippen LogP contribution in [-0.2, 0) is 24.1 Å². The van der Waals surface area contributed by atoms with E-state index < -0.39 is 32.8 Å². The molecule has 0 saturated carbocycles. The third-order valence-corrected chi connectivity index (χ3v) is 5.01. The maximum atomic E-state index is 12.0. The van der Waals surface area contributed by atoms with E-state index >= 15 is 0 Å². The zero-order chi connectivity index (χ0) is 16.3. The minimum absolute atomic E-state index is 0.0456. The van der Waals surface area contributed by atoms with E-state index in [9.17, 15) is 18.0 Å². The van der Waals surface area contributed by atoms with Crippen LogP contribution in [0.4, 0.5) is 4.79 Å². The molecule has 1 unspecified atom stereocenters. The van der Waals surface area contributed by atoms with Gasteiger partial charge in [-0.1, -0.05) is 0 Å². The first-order chi connectivity index (χ1) is 9.55. The van der Waals surface area contributed by atoms with Crippen LogP contribution in [0.3, 0.4) is 0 Å². The second-order valence-electron chi connectivity index (χ2n) is 5.92. The first kappa shape index (κ1) is 17.7. The summed E-state index contributed by atoms with van der Waals surface area (Å²) in [5.41, 5.74) is -0.649. The summed E-state index contributed by atoms with van der Waals surface area (Å²) < 4.78 is 34.0. The molecule has 1 rings (SSSR count). The van der Waals surface area contributed by atoms with Crippen molar-refractivity contribution in [2.45, 2.75) is 45.0 Å². The smallest absolute Gasteiger partial charge is 0.410 e. The molecule has 1 aliphatic rings. The first-order valence-corrected chi connectivity index (χ1v) is 8.62. The zero-order valence-electron chi connectivity index (χ0n) is 12.9. The number of nitrogens with zero attached hydrogens (tertiary/aromatic N) is 1. The lowest BCUT2D eigenvalue weighted by molar-refractivity contribution is -0.143. The van der Waals surface area contributed by atoms with Gasteiger partial charge < -0.3 is 14.4 Å². The first-order valence-electron chi connectivity index (χ1n) is 6.90.